The Morgan fingerprint density at radius 2 is 1.94 bits per heavy atom. The van der Waals surface area contributed by atoms with Gasteiger partial charge in [0.05, 0.1) is 19.1 Å². The van der Waals surface area contributed by atoms with Crippen molar-refractivity contribution in [1.29, 1.82) is 0 Å². The first-order valence-electron chi connectivity index (χ1n) is 5.34. The van der Waals surface area contributed by atoms with E-state index >= 15 is 0 Å². The molecular formula is C13H17NO3. The van der Waals surface area contributed by atoms with Crippen molar-refractivity contribution in [2.75, 3.05) is 7.11 Å². The van der Waals surface area contributed by atoms with Crippen molar-refractivity contribution in [3.63, 3.8) is 0 Å². The summed E-state index contributed by atoms with van der Waals surface area (Å²) in [6.45, 7) is 1.61. The van der Waals surface area contributed by atoms with Crippen LogP contribution in [0.15, 0.2) is 36.4 Å². The highest BCUT2D eigenvalue weighted by molar-refractivity contribution is 5.84. The number of hydrogen-bond donors (Lipinski definition) is 2. The van der Waals surface area contributed by atoms with Crippen molar-refractivity contribution in [3.05, 3.63) is 42.0 Å². The molecule has 1 aromatic rings. The first kappa shape index (κ1) is 13.3. The summed E-state index contributed by atoms with van der Waals surface area (Å²) in [4.78, 5) is 11.3. The number of benzene rings is 1. The SMILES string of the molecule is COc1ccc([C@@H](C=C[C@@H](C)O)C(N)=O)cc1. The predicted octanol–water partition coefficient (Wildman–Crippen LogP) is 1.20. The van der Waals surface area contributed by atoms with Crippen LogP contribution in [-0.2, 0) is 4.79 Å². The molecule has 0 spiro atoms. The van der Waals surface area contributed by atoms with E-state index in [1.54, 1.807) is 50.5 Å². The molecule has 2 atom stereocenters. The molecule has 1 aromatic carbocycles. The van der Waals surface area contributed by atoms with Crippen molar-refractivity contribution in [1.82, 2.24) is 0 Å². The highest BCUT2D eigenvalue weighted by atomic mass is 16.5. The molecule has 0 unspecified atom stereocenters. The van der Waals surface area contributed by atoms with Gasteiger partial charge >= 0.3 is 0 Å². The molecule has 17 heavy (non-hydrogen) atoms. The zero-order valence-corrected chi connectivity index (χ0v) is 9.96. The fourth-order valence-corrected chi connectivity index (χ4v) is 1.45. The number of carbonyl (C=O) groups is 1. The Hall–Kier alpha value is -1.81. The molecule has 0 aliphatic carbocycles. The van der Waals surface area contributed by atoms with Gasteiger partial charge in [0, 0.05) is 0 Å². The molecule has 0 bridgehead atoms. The van der Waals surface area contributed by atoms with E-state index in [1.165, 1.54) is 0 Å². The number of aliphatic hydroxyl groups excluding tert-OH is 1. The van der Waals surface area contributed by atoms with Gasteiger partial charge in [-0.1, -0.05) is 24.3 Å². The average Bonchev–Trinajstić information content (AvgIpc) is 2.29. The van der Waals surface area contributed by atoms with Gasteiger partial charge in [0.15, 0.2) is 0 Å². The summed E-state index contributed by atoms with van der Waals surface area (Å²) >= 11 is 0. The lowest BCUT2D eigenvalue weighted by Crippen LogP contribution is -2.20. The molecule has 92 valence electrons. The summed E-state index contributed by atoms with van der Waals surface area (Å²) in [5.74, 6) is -0.265. The molecule has 3 N–H and O–H groups in total. The topological polar surface area (TPSA) is 72.6 Å². The van der Waals surface area contributed by atoms with Gasteiger partial charge < -0.3 is 15.6 Å². The number of amides is 1. The molecule has 0 radical (unpaired) electrons. The second-order valence-electron chi connectivity index (χ2n) is 3.78. The smallest absolute Gasteiger partial charge is 0.228 e. The standard InChI is InChI=1S/C13H17NO3/c1-9(15)3-8-12(13(14)16)10-4-6-11(17-2)7-5-10/h3-9,12,15H,1-2H3,(H2,14,16)/t9-,12-/m1/s1. The Morgan fingerprint density at radius 3 is 2.35 bits per heavy atom. The fraction of sp³-hybridized carbons (Fsp3) is 0.308. The number of hydrogen-bond acceptors (Lipinski definition) is 3. The fourth-order valence-electron chi connectivity index (χ4n) is 1.45. The van der Waals surface area contributed by atoms with Crippen LogP contribution in [0.3, 0.4) is 0 Å². The van der Waals surface area contributed by atoms with Crippen molar-refractivity contribution >= 4 is 5.91 Å². The Balaban J connectivity index is 2.93. The van der Waals surface area contributed by atoms with Gasteiger partial charge in [-0.05, 0) is 24.6 Å². The highest BCUT2D eigenvalue weighted by Gasteiger charge is 2.14. The van der Waals surface area contributed by atoms with Crippen molar-refractivity contribution in [2.45, 2.75) is 18.9 Å². The molecule has 0 aromatic heterocycles. The predicted molar refractivity (Wildman–Crippen MR) is 65.8 cm³/mol. The molecule has 0 aliphatic rings. The Morgan fingerprint density at radius 1 is 1.35 bits per heavy atom. The first-order valence-corrected chi connectivity index (χ1v) is 5.34. The van der Waals surface area contributed by atoms with E-state index in [-0.39, 0.29) is 0 Å². The lowest BCUT2D eigenvalue weighted by atomic mass is 9.97. The minimum atomic E-state index is -0.602. The third-order valence-corrected chi connectivity index (χ3v) is 2.36. The van der Waals surface area contributed by atoms with E-state index in [1.807, 2.05) is 0 Å². The molecule has 4 nitrogen and oxygen atoms in total. The minimum Gasteiger partial charge on any atom is -0.497 e. The largest absolute Gasteiger partial charge is 0.497 e. The summed E-state index contributed by atoms with van der Waals surface area (Å²) < 4.78 is 5.03. The van der Waals surface area contributed by atoms with E-state index in [0.29, 0.717) is 0 Å². The summed E-state index contributed by atoms with van der Waals surface area (Å²) in [5, 5.41) is 9.15. The molecular weight excluding hydrogens is 218 g/mol. The molecule has 4 heteroatoms. The van der Waals surface area contributed by atoms with Gasteiger partial charge in [-0.2, -0.15) is 0 Å². The maximum absolute atomic E-state index is 11.3. The molecule has 0 heterocycles. The average molecular weight is 235 g/mol. The van der Waals surface area contributed by atoms with Crippen LogP contribution in [0, 0.1) is 0 Å². The van der Waals surface area contributed by atoms with E-state index in [0.717, 1.165) is 11.3 Å². The number of rotatable bonds is 5. The number of carbonyl (C=O) groups excluding carboxylic acids is 1. The van der Waals surface area contributed by atoms with Crippen LogP contribution in [0.5, 0.6) is 5.75 Å². The van der Waals surface area contributed by atoms with Crippen LogP contribution in [0.4, 0.5) is 0 Å². The number of nitrogens with two attached hydrogens (primary N) is 1. The molecule has 0 saturated carbocycles. The summed E-state index contributed by atoms with van der Waals surface area (Å²) in [6, 6.07) is 7.09. The van der Waals surface area contributed by atoms with Crippen LogP contribution in [0.2, 0.25) is 0 Å². The maximum atomic E-state index is 11.3. The quantitative estimate of drug-likeness (QED) is 0.753. The number of aliphatic hydroxyl groups is 1. The molecule has 0 aliphatic heterocycles. The maximum Gasteiger partial charge on any atom is 0.228 e. The van der Waals surface area contributed by atoms with Gasteiger partial charge in [0.2, 0.25) is 5.91 Å². The summed E-state index contributed by atoms with van der Waals surface area (Å²) in [7, 11) is 1.58. The van der Waals surface area contributed by atoms with Crippen LogP contribution >= 0.6 is 0 Å². The Kier molecular flexibility index (Phi) is 4.72. The van der Waals surface area contributed by atoms with Gasteiger partial charge in [-0.3, -0.25) is 4.79 Å². The number of primary amides is 1. The van der Waals surface area contributed by atoms with Crippen molar-refractivity contribution < 1.29 is 14.6 Å². The molecule has 1 rings (SSSR count). The first-order chi connectivity index (χ1) is 8.04. The monoisotopic (exact) mass is 235 g/mol. The zero-order valence-electron chi connectivity index (χ0n) is 9.96. The van der Waals surface area contributed by atoms with Gasteiger partial charge in [-0.15, -0.1) is 0 Å². The minimum absolute atomic E-state index is 0.452. The summed E-state index contributed by atoms with van der Waals surface area (Å²) in [5.41, 5.74) is 6.10. The van der Waals surface area contributed by atoms with Gasteiger partial charge in [0.25, 0.3) is 0 Å². The van der Waals surface area contributed by atoms with Crippen LogP contribution in [0.25, 0.3) is 0 Å². The van der Waals surface area contributed by atoms with Crippen molar-refractivity contribution in [2.24, 2.45) is 5.73 Å². The van der Waals surface area contributed by atoms with E-state index in [4.69, 9.17) is 15.6 Å². The van der Waals surface area contributed by atoms with E-state index in [9.17, 15) is 4.79 Å². The second kappa shape index (κ2) is 6.06. The normalized spacial score (nSPS) is 14.5. The van der Waals surface area contributed by atoms with Gasteiger partial charge in [-0.25, -0.2) is 0 Å². The van der Waals surface area contributed by atoms with Crippen LogP contribution in [-0.4, -0.2) is 24.2 Å². The Labute approximate surface area is 101 Å². The highest BCUT2D eigenvalue weighted by Crippen LogP contribution is 2.20. The molecule has 0 fully saturated rings. The lowest BCUT2D eigenvalue weighted by molar-refractivity contribution is -0.118. The van der Waals surface area contributed by atoms with E-state index < -0.39 is 17.9 Å². The number of ether oxygens (including phenoxy) is 1. The van der Waals surface area contributed by atoms with Gasteiger partial charge in [0.1, 0.15) is 5.75 Å². The second-order valence-corrected chi connectivity index (χ2v) is 3.78. The van der Waals surface area contributed by atoms with Crippen molar-refractivity contribution in [3.8, 4) is 5.75 Å². The van der Waals surface area contributed by atoms with Crippen LogP contribution < -0.4 is 10.5 Å². The third kappa shape index (κ3) is 3.92. The van der Waals surface area contributed by atoms with E-state index in [2.05, 4.69) is 0 Å². The van der Waals surface area contributed by atoms with Crippen LogP contribution in [0.1, 0.15) is 18.4 Å². The zero-order chi connectivity index (χ0) is 12.8. The molecule has 0 saturated heterocycles. The third-order valence-electron chi connectivity index (χ3n) is 2.36. The lowest BCUT2D eigenvalue weighted by Gasteiger charge is -2.10. The molecule has 1 amide bonds. The summed E-state index contributed by atoms with van der Waals surface area (Å²) in [6.07, 6.45) is 2.55. The number of methoxy groups -OCH3 is 1. The Bertz CT molecular complexity index is 396.